The molecule has 5 N–H and O–H groups in total. The molecule has 0 heterocycles. The van der Waals surface area contributed by atoms with Gasteiger partial charge in [0.25, 0.3) is 0 Å². The van der Waals surface area contributed by atoms with Gasteiger partial charge in [0.15, 0.2) is 0 Å². The number of halogens is 1. The summed E-state index contributed by atoms with van der Waals surface area (Å²) < 4.78 is 0.874. The minimum atomic E-state index is -0.548. The Morgan fingerprint density at radius 3 is 2.44 bits per heavy atom. The fourth-order valence-corrected chi connectivity index (χ4v) is 2.63. The molecule has 25 heavy (non-hydrogen) atoms. The summed E-state index contributed by atoms with van der Waals surface area (Å²) in [6.07, 6.45) is 0. The Kier molecular flexibility index (Phi) is 5.50. The molecule has 0 atom stereocenters. The highest BCUT2D eigenvalue weighted by molar-refractivity contribution is 9.10. The van der Waals surface area contributed by atoms with Crippen molar-refractivity contribution in [2.45, 2.75) is 19.3 Å². The average molecular weight is 398 g/mol. The van der Waals surface area contributed by atoms with Crippen LogP contribution in [0.25, 0.3) is 5.70 Å². The number of hydrogen-bond acceptors (Lipinski definition) is 5. The van der Waals surface area contributed by atoms with Gasteiger partial charge in [-0.05, 0) is 56.5 Å². The lowest BCUT2D eigenvalue weighted by Gasteiger charge is -2.18. The molecule has 0 bridgehead atoms. The quantitative estimate of drug-likeness (QED) is 0.518. The summed E-state index contributed by atoms with van der Waals surface area (Å²) in [7, 11) is 0. The molecule has 0 saturated carbocycles. The summed E-state index contributed by atoms with van der Waals surface area (Å²) in [5, 5.41) is 12.5. The first-order valence-corrected chi connectivity index (χ1v) is 8.38. The zero-order valence-corrected chi connectivity index (χ0v) is 15.8. The Balaban J connectivity index is 2.42. The third-order valence-corrected chi connectivity index (χ3v) is 4.36. The molecule has 0 amide bonds. The minimum absolute atomic E-state index is 0.242. The van der Waals surface area contributed by atoms with E-state index in [9.17, 15) is 5.26 Å². The van der Waals surface area contributed by atoms with Crippen molar-refractivity contribution < 1.29 is 0 Å². The molecule has 6 heteroatoms. The van der Waals surface area contributed by atoms with Gasteiger partial charge in [-0.15, -0.1) is 0 Å². The molecule has 0 radical (unpaired) electrons. The topological polar surface area (TPSA) is 100 Å². The highest BCUT2D eigenvalue weighted by Crippen LogP contribution is 2.29. The highest BCUT2D eigenvalue weighted by atomic mass is 79.9. The van der Waals surface area contributed by atoms with Crippen molar-refractivity contribution in [3.63, 3.8) is 0 Å². The van der Waals surface area contributed by atoms with Crippen molar-refractivity contribution in [3.8, 4) is 6.07 Å². The summed E-state index contributed by atoms with van der Waals surface area (Å²) in [5.41, 5.74) is 15.1. The van der Waals surface area contributed by atoms with E-state index in [2.05, 4.69) is 39.0 Å². The first-order valence-electron chi connectivity index (χ1n) is 7.59. The van der Waals surface area contributed by atoms with Crippen molar-refractivity contribution in [2.24, 2.45) is 10.7 Å². The van der Waals surface area contributed by atoms with Crippen LogP contribution in [-0.4, -0.2) is 6.72 Å². The fraction of sp³-hybridized carbons (Fsp3) is 0.158. The smallest absolute Gasteiger partial charge is 0.147 e. The largest absolute Gasteiger partial charge is 0.398 e. The Morgan fingerprint density at radius 1 is 1.24 bits per heavy atom. The van der Waals surface area contributed by atoms with E-state index >= 15 is 0 Å². The number of nitriles is 1. The lowest BCUT2D eigenvalue weighted by atomic mass is 9.86. The first kappa shape index (κ1) is 18.6. The van der Waals surface area contributed by atoms with E-state index in [0.717, 1.165) is 21.3 Å². The predicted octanol–water partition coefficient (Wildman–Crippen LogP) is 4.23. The molecule has 0 aliphatic carbocycles. The number of anilines is 2. The number of aliphatic imine (C=N–C) groups is 1. The second kappa shape index (κ2) is 7.41. The minimum Gasteiger partial charge on any atom is -0.398 e. The predicted molar refractivity (Wildman–Crippen MR) is 108 cm³/mol. The van der Waals surface area contributed by atoms with Crippen LogP contribution in [0.15, 0.2) is 57.8 Å². The Hall–Kier alpha value is -2.78. The summed E-state index contributed by atoms with van der Waals surface area (Å²) in [4.78, 5) is 3.83. The standard InChI is InChI=1S/C19H20BrN5/c1-19(2,11-21)12-4-7-14(8-5-12)25-17(18(23)24-3)15-10-13(20)6-9-16(15)22/h4-10,25H,3,22-23H2,1-2H3/b18-17+. The summed E-state index contributed by atoms with van der Waals surface area (Å²) in [5.74, 6) is 0.242. The fourth-order valence-electron chi connectivity index (χ4n) is 2.27. The van der Waals surface area contributed by atoms with E-state index in [4.69, 9.17) is 11.5 Å². The SMILES string of the molecule is C=N/C(N)=C(/Nc1ccc(C(C)(C)C#N)cc1)c1cc(Br)ccc1N. The van der Waals surface area contributed by atoms with E-state index in [1.54, 1.807) is 6.07 Å². The third-order valence-electron chi connectivity index (χ3n) is 3.87. The van der Waals surface area contributed by atoms with Gasteiger partial charge in [0.1, 0.15) is 5.82 Å². The third kappa shape index (κ3) is 4.20. The number of nitrogens with two attached hydrogens (primary N) is 2. The first-order chi connectivity index (χ1) is 11.8. The summed E-state index contributed by atoms with van der Waals surface area (Å²) in [6, 6.07) is 15.4. The second-order valence-corrected chi connectivity index (χ2v) is 7.00. The van der Waals surface area contributed by atoms with Gasteiger partial charge in [0, 0.05) is 21.4 Å². The molecule has 0 aliphatic rings. The Morgan fingerprint density at radius 2 is 1.88 bits per heavy atom. The van der Waals surface area contributed by atoms with Gasteiger partial charge < -0.3 is 16.8 Å². The molecule has 2 aromatic rings. The number of nitrogens with one attached hydrogen (secondary N) is 1. The molecule has 0 fully saturated rings. The monoisotopic (exact) mass is 397 g/mol. The van der Waals surface area contributed by atoms with Gasteiger partial charge in [-0.3, -0.25) is 0 Å². The highest BCUT2D eigenvalue weighted by Gasteiger charge is 2.19. The maximum Gasteiger partial charge on any atom is 0.147 e. The van der Waals surface area contributed by atoms with Gasteiger partial charge in [-0.1, -0.05) is 28.1 Å². The normalized spacial score (nSPS) is 12.1. The summed E-state index contributed by atoms with van der Waals surface area (Å²) in [6.45, 7) is 7.25. The van der Waals surface area contributed by atoms with Crippen molar-refractivity contribution in [1.82, 2.24) is 0 Å². The Bertz CT molecular complexity index is 860. The van der Waals surface area contributed by atoms with Crippen molar-refractivity contribution in [1.29, 1.82) is 5.26 Å². The van der Waals surface area contributed by atoms with Crippen molar-refractivity contribution in [2.75, 3.05) is 11.1 Å². The van der Waals surface area contributed by atoms with E-state index in [-0.39, 0.29) is 5.82 Å². The van der Waals surface area contributed by atoms with Gasteiger partial charge in [-0.2, -0.15) is 5.26 Å². The molecule has 128 valence electrons. The molecule has 5 nitrogen and oxygen atoms in total. The molecule has 0 unspecified atom stereocenters. The van der Waals surface area contributed by atoms with Crippen LogP contribution < -0.4 is 16.8 Å². The second-order valence-electron chi connectivity index (χ2n) is 6.09. The molecule has 0 spiro atoms. The molecular weight excluding hydrogens is 378 g/mol. The lowest BCUT2D eigenvalue weighted by molar-refractivity contribution is 0.687. The van der Waals surface area contributed by atoms with Gasteiger partial charge >= 0.3 is 0 Å². The summed E-state index contributed by atoms with van der Waals surface area (Å²) >= 11 is 3.44. The van der Waals surface area contributed by atoms with Crippen LogP contribution in [0.3, 0.4) is 0 Å². The van der Waals surface area contributed by atoms with Crippen molar-refractivity contribution in [3.05, 3.63) is 63.9 Å². The number of nitrogens with zero attached hydrogens (tertiary/aromatic N) is 2. The van der Waals surface area contributed by atoms with Crippen LogP contribution in [0.5, 0.6) is 0 Å². The number of rotatable bonds is 5. The van der Waals surface area contributed by atoms with Crippen LogP contribution >= 0.6 is 15.9 Å². The molecule has 0 aromatic heterocycles. The van der Waals surface area contributed by atoms with Gasteiger partial charge in [0.2, 0.25) is 0 Å². The van der Waals surface area contributed by atoms with Gasteiger partial charge in [-0.25, -0.2) is 4.99 Å². The van der Waals surface area contributed by atoms with Crippen molar-refractivity contribution >= 4 is 39.7 Å². The van der Waals surface area contributed by atoms with Crippen LogP contribution in [0.2, 0.25) is 0 Å². The Labute approximate surface area is 156 Å². The van der Waals surface area contributed by atoms with E-state index in [1.165, 1.54) is 0 Å². The number of nitrogen functional groups attached to an aromatic ring is 1. The average Bonchev–Trinajstić information content (AvgIpc) is 2.61. The van der Waals surface area contributed by atoms with Gasteiger partial charge in [0.05, 0.1) is 17.2 Å². The molecule has 2 rings (SSSR count). The van der Waals surface area contributed by atoms with E-state index < -0.39 is 5.41 Å². The van der Waals surface area contributed by atoms with Crippen LogP contribution in [0, 0.1) is 11.3 Å². The van der Waals surface area contributed by atoms with Crippen LogP contribution in [-0.2, 0) is 5.41 Å². The van der Waals surface area contributed by atoms with Crippen LogP contribution in [0.4, 0.5) is 11.4 Å². The van der Waals surface area contributed by atoms with E-state index in [1.807, 2.05) is 50.2 Å². The molecular formula is C19H20BrN5. The number of hydrogen-bond donors (Lipinski definition) is 3. The van der Waals surface area contributed by atoms with E-state index in [0.29, 0.717) is 11.4 Å². The maximum absolute atomic E-state index is 9.24. The molecule has 0 saturated heterocycles. The lowest BCUT2D eigenvalue weighted by Crippen LogP contribution is -2.14. The number of benzene rings is 2. The maximum atomic E-state index is 9.24. The molecule has 0 aliphatic heterocycles. The molecule has 2 aromatic carbocycles. The zero-order chi connectivity index (χ0) is 18.6. The van der Waals surface area contributed by atoms with Crippen LogP contribution in [0.1, 0.15) is 25.0 Å². The zero-order valence-electron chi connectivity index (χ0n) is 14.2.